The summed E-state index contributed by atoms with van der Waals surface area (Å²) in [5.74, 6) is -1.64. The Morgan fingerprint density at radius 1 is 0.846 bits per heavy atom. The van der Waals surface area contributed by atoms with Gasteiger partial charge in [0.1, 0.15) is 0 Å². The first-order valence-electron chi connectivity index (χ1n) is 19.0. The highest BCUT2D eigenvalue weighted by molar-refractivity contribution is 5.98. The monoisotopic (exact) mass is 709 g/mol. The lowest BCUT2D eigenvalue weighted by Gasteiger charge is -2.22. The number of nitrogens with zero attached hydrogens (tertiary/aromatic N) is 1. The van der Waals surface area contributed by atoms with Gasteiger partial charge in [-0.05, 0) is 72.9 Å². The molecule has 8 heteroatoms. The van der Waals surface area contributed by atoms with Crippen LogP contribution in [0.2, 0.25) is 0 Å². The Morgan fingerprint density at radius 2 is 1.50 bits per heavy atom. The Morgan fingerprint density at radius 3 is 2.15 bits per heavy atom. The zero-order valence-electron chi connectivity index (χ0n) is 31.7. The van der Waals surface area contributed by atoms with E-state index in [0.29, 0.717) is 51.4 Å². The van der Waals surface area contributed by atoms with Crippen LogP contribution in [0.15, 0.2) is 91.0 Å². The summed E-state index contributed by atoms with van der Waals surface area (Å²) in [6.07, 6.45) is 9.78. The van der Waals surface area contributed by atoms with Gasteiger partial charge in [-0.2, -0.15) is 0 Å². The van der Waals surface area contributed by atoms with Crippen LogP contribution in [-0.4, -0.2) is 54.2 Å². The van der Waals surface area contributed by atoms with Crippen LogP contribution in [-0.2, 0) is 44.9 Å². The maximum absolute atomic E-state index is 13.6. The van der Waals surface area contributed by atoms with E-state index in [9.17, 15) is 19.2 Å². The Balaban J connectivity index is 0.00000173. The summed E-state index contributed by atoms with van der Waals surface area (Å²) in [5.41, 5.74) is 10.2. The van der Waals surface area contributed by atoms with Gasteiger partial charge in [-0.25, -0.2) is 0 Å². The molecule has 0 saturated heterocycles. The van der Waals surface area contributed by atoms with Crippen molar-refractivity contribution in [2.24, 2.45) is 17.6 Å². The van der Waals surface area contributed by atoms with Crippen molar-refractivity contribution in [3.05, 3.63) is 119 Å². The molecular weight excluding hydrogens is 651 g/mol. The second-order valence-corrected chi connectivity index (χ2v) is 14.0. The van der Waals surface area contributed by atoms with Crippen molar-refractivity contribution in [1.29, 1.82) is 0 Å². The van der Waals surface area contributed by atoms with E-state index in [1.807, 2.05) is 87.5 Å². The van der Waals surface area contributed by atoms with Gasteiger partial charge in [0, 0.05) is 31.0 Å². The predicted octanol–water partition coefficient (Wildman–Crippen LogP) is 7.42. The van der Waals surface area contributed by atoms with E-state index in [1.54, 1.807) is 4.90 Å². The highest BCUT2D eigenvalue weighted by Gasteiger charge is 2.29. The van der Waals surface area contributed by atoms with Crippen LogP contribution >= 0.6 is 0 Å². The summed E-state index contributed by atoms with van der Waals surface area (Å²) in [6, 6.07) is 25.9. The number of hydrogen-bond donors (Lipinski definition) is 2. The Kier molecular flexibility index (Phi) is 18.6. The SMILES string of the molecule is CC(C)N.CCCCOC(=O)C(C/C=C/CN1Cc2ccccc2C1=O)C[C@@H](CCc1ccc(CCC)cc1)C(=O)NCC(=O)Cc1ccccc1. The molecule has 52 heavy (non-hydrogen) atoms. The Bertz CT molecular complexity index is 1570. The van der Waals surface area contributed by atoms with E-state index in [-0.39, 0.29) is 36.5 Å². The van der Waals surface area contributed by atoms with Gasteiger partial charge in [-0.1, -0.05) is 125 Å². The highest BCUT2D eigenvalue weighted by atomic mass is 16.5. The third-order valence-electron chi connectivity index (χ3n) is 8.87. The second-order valence-electron chi connectivity index (χ2n) is 14.0. The van der Waals surface area contributed by atoms with Gasteiger partial charge in [0.2, 0.25) is 5.91 Å². The molecule has 0 saturated carbocycles. The highest BCUT2D eigenvalue weighted by Crippen LogP contribution is 2.25. The first-order chi connectivity index (χ1) is 25.1. The van der Waals surface area contributed by atoms with Crippen molar-refractivity contribution >= 4 is 23.6 Å². The molecule has 0 spiro atoms. The van der Waals surface area contributed by atoms with Crippen LogP contribution in [0.5, 0.6) is 0 Å². The summed E-state index contributed by atoms with van der Waals surface area (Å²) in [6.45, 7) is 9.36. The minimum absolute atomic E-state index is 0.00653. The Labute approximate surface area is 311 Å². The summed E-state index contributed by atoms with van der Waals surface area (Å²) in [4.78, 5) is 54.3. The van der Waals surface area contributed by atoms with Crippen molar-refractivity contribution in [2.45, 2.75) is 98.1 Å². The summed E-state index contributed by atoms with van der Waals surface area (Å²) in [5, 5.41) is 2.88. The fourth-order valence-electron chi connectivity index (χ4n) is 6.07. The van der Waals surface area contributed by atoms with Gasteiger partial charge in [0.05, 0.1) is 19.1 Å². The third kappa shape index (κ3) is 15.0. The number of fused-ring (bicyclic) bond motifs is 1. The standard InChI is InChI=1S/C41H50N2O5.C3H9N/c1-3-5-26-48-41(47)35(16-11-12-25-43-30-36-17-9-10-18-38(36)40(43)46)28-34(24-23-32-21-19-31(13-4-2)20-22-32)39(45)42-29-37(44)27-33-14-7-6-8-15-33;1-3(2)4/h6-12,14-15,17-22,34-35H,3-5,13,16,23-30H2,1-2H3,(H,42,45);3H,4H2,1-2H3/b12-11+;/t34-,35?;/m1./s1. The minimum Gasteiger partial charge on any atom is -0.465 e. The molecule has 2 atom stereocenters. The zero-order chi connectivity index (χ0) is 37.7. The molecular formula is C44H59N3O5. The molecule has 3 aromatic carbocycles. The molecule has 1 aliphatic heterocycles. The normalized spacial score (nSPS) is 13.3. The number of Topliss-reactive ketones (excluding diaryl/α,β-unsaturated/α-hetero) is 1. The lowest BCUT2D eigenvalue weighted by molar-refractivity contribution is -0.149. The van der Waals surface area contributed by atoms with Crippen LogP contribution in [0, 0.1) is 11.8 Å². The number of nitrogens with two attached hydrogens (primary N) is 1. The van der Waals surface area contributed by atoms with Crippen LogP contribution in [0.3, 0.4) is 0 Å². The lowest BCUT2D eigenvalue weighted by atomic mass is 9.87. The summed E-state index contributed by atoms with van der Waals surface area (Å²) < 4.78 is 5.66. The number of aryl methyl sites for hydroxylation is 2. The molecule has 0 radical (unpaired) electrons. The number of ketones is 1. The number of ether oxygens (including phenoxy) is 1. The summed E-state index contributed by atoms with van der Waals surface area (Å²) in [7, 11) is 0. The molecule has 0 aromatic heterocycles. The van der Waals surface area contributed by atoms with Crippen molar-refractivity contribution in [1.82, 2.24) is 10.2 Å². The molecule has 280 valence electrons. The average Bonchev–Trinajstić information content (AvgIpc) is 3.45. The zero-order valence-corrected chi connectivity index (χ0v) is 31.7. The number of allylic oxidation sites excluding steroid dienone is 1. The van der Waals surface area contributed by atoms with Gasteiger partial charge in [0.15, 0.2) is 5.78 Å². The molecule has 4 rings (SSSR count). The lowest BCUT2D eigenvalue weighted by Crippen LogP contribution is -2.37. The molecule has 3 N–H and O–H groups in total. The molecule has 3 aromatic rings. The number of carbonyl (C=O) groups is 4. The third-order valence-corrected chi connectivity index (χ3v) is 8.87. The van der Waals surface area contributed by atoms with E-state index in [0.717, 1.165) is 47.9 Å². The van der Waals surface area contributed by atoms with Crippen molar-refractivity contribution < 1.29 is 23.9 Å². The smallest absolute Gasteiger partial charge is 0.309 e. The number of hydrogen-bond acceptors (Lipinski definition) is 6. The first kappa shape index (κ1) is 41.9. The van der Waals surface area contributed by atoms with Crippen LogP contribution in [0.25, 0.3) is 0 Å². The maximum Gasteiger partial charge on any atom is 0.309 e. The van der Waals surface area contributed by atoms with Gasteiger partial charge in [0.25, 0.3) is 5.91 Å². The second kappa shape index (κ2) is 23.1. The molecule has 0 aliphatic carbocycles. The number of benzene rings is 3. The van der Waals surface area contributed by atoms with Gasteiger partial charge < -0.3 is 20.7 Å². The number of carbonyl (C=O) groups excluding carboxylic acids is 4. The molecule has 1 unspecified atom stereocenters. The number of unbranched alkanes of at least 4 members (excludes halogenated alkanes) is 1. The van der Waals surface area contributed by atoms with Crippen molar-refractivity contribution in [3.8, 4) is 0 Å². The number of amides is 2. The molecule has 0 bridgehead atoms. The molecule has 1 heterocycles. The number of rotatable bonds is 20. The van der Waals surface area contributed by atoms with Gasteiger partial charge in [-0.3, -0.25) is 19.2 Å². The van der Waals surface area contributed by atoms with E-state index in [1.165, 1.54) is 5.56 Å². The van der Waals surface area contributed by atoms with Crippen LogP contribution in [0.1, 0.15) is 98.8 Å². The summed E-state index contributed by atoms with van der Waals surface area (Å²) >= 11 is 0. The van der Waals surface area contributed by atoms with E-state index in [2.05, 4.69) is 36.5 Å². The van der Waals surface area contributed by atoms with E-state index >= 15 is 0 Å². The minimum atomic E-state index is -0.535. The van der Waals surface area contributed by atoms with Crippen molar-refractivity contribution in [3.63, 3.8) is 0 Å². The van der Waals surface area contributed by atoms with Crippen LogP contribution in [0.4, 0.5) is 0 Å². The molecule has 1 aliphatic rings. The number of nitrogens with one attached hydrogen (secondary N) is 1. The van der Waals surface area contributed by atoms with Crippen molar-refractivity contribution in [2.75, 3.05) is 19.7 Å². The quantitative estimate of drug-likeness (QED) is 0.0716. The van der Waals surface area contributed by atoms with Gasteiger partial charge >= 0.3 is 5.97 Å². The van der Waals surface area contributed by atoms with Crippen LogP contribution < -0.4 is 11.1 Å². The number of esters is 1. The largest absolute Gasteiger partial charge is 0.465 e. The Hall–Kier alpha value is -4.56. The fraction of sp³-hybridized carbons (Fsp3) is 0.455. The van der Waals surface area contributed by atoms with E-state index < -0.39 is 11.8 Å². The maximum atomic E-state index is 13.6. The van der Waals surface area contributed by atoms with Gasteiger partial charge in [-0.15, -0.1) is 0 Å². The van der Waals surface area contributed by atoms with E-state index in [4.69, 9.17) is 10.5 Å². The molecule has 2 amide bonds. The predicted molar refractivity (Wildman–Crippen MR) is 209 cm³/mol. The fourth-order valence-corrected chi connectivity index (χ4v) is 6.07. The molecule has 0 fully saturated rings. The molecule has 8 nitrogen and oxygen atoms in total. The first-order valence-corrected chi connectivity index (χ1v) is 19.0. The topological polar surface area (TPSA) is 119 Å². The average molecular weight is 710 g/mol.